The van der Waals surface area contributed by atoms with Crippen molar-refractivity contribution in [2.24, 2.45) is 0 Å². The van der Waals surface area contributed by atoms with Crippen LogP contribution < -0.4 is 11.4 Å². The van der Waals surface area contributed by atoms with Gasteiger partial charge < -0.3 is 5.73 Å². The van der Waals surface area contributed by atoms with Crippen molar-refractivity contribution in [1.82, 2.24) is 9.13 Å². The van der Waals surface area contributed by atoms with Crippen LogP contribution in [0.3, 0.4) is 0 Å². The number of hydrogen-bond donors (Lipinski definition) is 1. The van der Waals surface area contributed by atoms with Crippen LogP contribution in [0.4, 0.5) is 5.69 Å². The molecule has 0 radical (unpaired) electrons. The SMILES string of the molecule is Nc1ccc2c(c1)n(Cc1ccccc1)c(=O)n2Cc1ccccc1. The van der Waals surface area contributed by atoms with E-state index in [4.69, 9.17) is 5.73 Å². The molecule has 1 heterocycles. The van der Waals surface area contributed by atoms with Crippen molar-refractivity contribution in [1.29, 1.82) is 0 Å². The second kappa shape index (κ2) is 6.32. The molecule has 4 heteroatoms. The topological polar surface area (TPSA) is 52.9 Å². The Morgan fingerprint density at radius 2 is 1.20 bits per heavy atom. The van der Waals surface area contributed by atoms with Crippen molar-refractivity contribution >= 4 is 16.7 Å². The van der Waals surface area contributed by atoms with E-state index in [0.29, 0.717) is 18.8 Å². The van der Waals surface area contributed by atoms with Crippen LogP contribution in [0, 0.1) is 0 Å². The van der Waals surface area contributed by atoms with Gasteiger partial charge in [-0.1, -0.05) is 60.7 Å². The fourth-order valence-corrected chi connectivity index (χ4v) is 3.17. The molecule has 0 spiro atoms. The van der Waals surface area contributed by atoms with Crippen LogP contribution in [0.25, 0.3) is 11.0 Å². The minimum atomic E-state index is -0.0201. The minimum Gasteiger partial charge on any atom is -0.399 e. The fourth-order valence-electron chi connectivity index (χ4n) is 3.17. The van der Waals surface area contributed by atoms with E-state index < -0.39 is 0 Å². The number of fused-ring (bicyclic) bond motifs is 1. The van der Waals surface area contributed by atoms with Crippen LogP contribution in [0.5, 0.6) is 0 Å². The van der Waals surface area contributed by atoms with Gasteiger partial charge in [-0.15, -0.1) is 0 Å². The van der Waals surface area contributed by atoms with Gasteiger partial charge in [0.2, 0.25) is 0 Å². The van der Waals surface area contributed by atoms with E-state index in [1.54, 1.807) is 4.57 Å². The first-order valence-corrected chi connectivity index (χ1v) is 8.29. The lowest BCUT2D eigenvalue weighted by molar-refractivity contribution is 0.701. The summed E-state index contributed by atoms with van der Waals surface area (Å²) < 4.78 is 3.61. The van der Waals surface area contributed by atoms with Crippen molar-refractivity contribution in [3.05, 3.63) is 100 Å². The number of aromatic nitrogens is 2. The highest BCUT2D eigenvalue weighted by molar-refractivity contribution is 5.80. The number of anilines is 1. The average molecular weight is 329 g/mol. The van der Waals surface area contributed by atoms with Gasteiger partial charge in [-0.3, -0.25) is 9.13 Å². The van der Waals surface area contributed by atoms with Crippen molar-refractivity contribution in [2.45, 2.75) is 13.1 Å². The molecule has 124 valence electrons. The smallest absolute Gasteiger partial charge is 0.329 e. The molecule has 25 heavy (non-hydrogen) atoms. The zero-order chi connectivity index (χ0) is 17.2. The Morgan fingerprint density at radius 3 is 1.76 bits per heavy atom. The van der Waals surface area contributed by atoms with Crippen LogP contribution in [0.1, 0.15) is 11.1 Å². The zero-order valence-corrected chi connectivity index (χ0v) is 13.8. The Labute approximate surface area is 145 Å². The summed E-state index contributed by atoms with van der Waals surface area (Å²) in [7, 11) is 0. The monoisotopic (exact) mass is 329 g/mol. The highest BCUT2D eigenvalue weighted by atomic mass is 16.1. The van der Waals surface area contributed by atoms with Gasteiger partial charge >= 0.3 is 5.69 Å². The first-order chi connectivity index (χ1) is 12.2. The van der Waals surface area contributed by atoms with E-state index in [1.807, 2.05) is 83.4 Å². The normalized spacial score (nSPS) is 11.0. The lowest BCUT2D eigenvalue weighted by atomic mass is 10.2. The predicted molar refractivity (Wildman–Crippen MR) is 102 cm³/mol. The molecule has 0 saturated heterocycles. The molecule has 0 fully saturated rings. The summed E-state index contributed by atoms with van der Waals surface area (Å²) in [6.45, 7) is 1.07. The molecule has 4 rings (SSSR count). The second-order valence-corrected chi connectivity index (χ2v) is 6.17. The summed E-state index contributed by atoms with van der Waals surface area (Å²) in [4.78, 5) is 13.1. The van der Waals surface area contributed by atoms with E-state index in [2.05, 4.69) is 0 Å². The summed E-state index contributed by atoms with van der Waals surface area (Å²) in [5.74, 6) is 0. The number of benzene rings is 3. The maximum absolute atomic E-state index is 13.1. The number of imidazole rings is 1. The third-order valence-electron chi connectivity index (χ3n) is 4.41. The van der Waals surface area contributed by atoms with Gasteiger partial charge in [0.05, 0.1) is 24.1 Å². The third-order valence-corrected chi connectivity index (χ3v) is 4.41. The molecule has 0 aliphatic rings. The van der Waals surface area contributed by atoms with E-state index in [1.165, 1.54) is 0 Å². The molecule has 0 saturated carbocycles. The molecule has 1 aromatic heterocycles. The maximum atomic E-state index is 13.1. The van der Waals surface area contributed by atoms with Gasteiger partial charge in [-0.25, -0.2) is 4.79 Å². The Kier molecular flexibility index (Phi) is 3.86. The fraction of sp³-hybridized carbons (Fsp3) is 0.0952. The van der Waals surface area contributed by atoms with Crippen molar-refractivity contribution in [3.8, 4) is 0 Å². The lowest BCUT2D eigenvalue weighted by Crippen LogP contribution is -2.25. The molecule has 0 amide bonds. The van der Waals surface area contributed by atoms with Gasteiger partial charge in [-0.2, -0.15) is 0 Å². The molecule has 0 aliphatic carbocycles. The van der Waals surface area contributed by atoms with E-state index >= 15 is 0 Å². The van der Waals surface area contributed by atoms with Crippen LogP contribution in [0.2, 0.25) is 0 Å². The summed E-state index contributed by atoms with van der Waals surface area (Å²) in [5.41, 5.74) is 10.6. The first kappa shape index (κ1) is 15.3. The molecule has 0 aliphatic heterocycles. The number of nitrogens with two attached hydrogens (primary N) is 1. The molecule has 4 nitrogen and oxygen atoms in total. The molecule has 0 bridgehead atoms. The van der Waals surface area contributed by atoms with E-state index in [0.717, 1.165) is 22.2 Å². The quantitative estimate of drug-likeness (QED) is 0.583. The van der Waals surface area contributed by atoms with Gasteiger partial charge in [0.1, 0.15) is 0 Å². The van der Waals surface area contributed by atoms with Crippen LogP contribution in [-0.4, -0.2) is 9.13 Å². The van der Waals surface area contributed by atoms with Crippen LogP contribution >= 0.6 is 0 Å². The van der Waals surface area contributed by atoms with Crippen molar-refractivity contribution in [2.75, 3.05) is 5.73 Å². The Morgan fingerprint density at radius 1 is 0.680 bits per heavy atom. The standard InChI is InChI=1S/C21H19N3O/c22-18-11-12-19-20(13-18)24(15-17-9-5-2-6-10-17)21(25)23(19)14-16-7-3-1-4-8-16/h1-13H,14-15,22H2. The van der Waals surface area contributed by atoms with Crippen molar-refractivity contribution in [3.63, 3.8) is 0 Å². The van der Waals surface area contributed by atoms with E-state index in [-0.39, 0.29) is 5.69 Å². The summed E-state index contributed by atoms with van der Waals surface area (Å²) in [5, 5.41) is 0. The van der Waals surface area contributed by atoms with Crippen molar-refractivity contribution < 1.29 is 0 Å². The average Bonchev–Trinajstić information content (AvgIpc) is 2.89. The number of nitrogen functional groups attached to an aromatic ring is 1. The predicted octanol–water partition coefficient (Wildman–Crippen LogP) is 3.48. The summed E-state index contributed by atoms with van der Waals surface area (Å²) in [6.07, 6.45) is 0. The van der Waals surface area contributed by atoms with Gasteiger partial charge in [0, 0.05) is 5.69 Å². The first-order valence-electron chi connectivity index (χ1n) is 8.29. The van der Waals surface area contributed by atoms with Gasteiger partial charge in [-0.05, 0) is 29.3 Å². The van der Waals surface area contributed by atoms with Crippen LogP contribution in [-0.2, 0) is 13.1 Å². The minimum absolute atomic E-state index is 0.0201. The maximum Gasteiger partial charge on any atom is 0.329 e. The van der Waals surface area contributed by atoms with Gasteiger partial charge in [0.25, 0.3) is 0 Å². The number of hydrogen-bond acceptors (Lipinski definition) is 2. The number of rotatable bonds is 4. The molecule has 3 aromatic carbocycles. The molecule has 2 N–H and O–H groups in total. The summed E-state index contributed by atoms with van der Waals surface area (Å²) in [6, 6.07) is 25.7. The lowest BCUT2D eigenvalue weighted by Gasteiger charge is -2.04. The Bertz CT molecular complexity index is 1060. The molecular formula is C21H19N3O. The van der Waals surface area contributed by atoms with E-state index in [9.17, 15) is 4.79 Å². The molecule has 0 atom stereocenters. The zero-order valence-electron chi connectivity index (χ0n) is 13.8. The molecular weight excluding hydrogens is 310 g/mol. The van der Waals surface area contributed by atoms with Gasteiger partial charge in [0.15, 0.2) is 0 Å². The highest BCUT2D eigenvalue weighted by Gasteiger charge is 2.14. The largest absolute Gasteiger partial charge is 0.399 e. The third kappa shape index (κ3) is 2.94. The summed E-state index contributed by atoms with van der Waals surface area (Å²) >= 11 is 0. The highest BCUT2D eigenvalue weighted by Crippen LogP contribution is 2.19. The van der Waals surface area contributed by atoms with Crippen LogP contribution in [0.15, 0.2) is 83.7 Å². The molecule has 4 aromatic rings. The Balaban J connectivity index is 1.86. The second-order valence-electron chi connectivity index (χ2n) is 6.17. The molecule has 0 unspecified atom stereocenters. The number of nitrogens with zero attached hydrogens (tertiary/aromatic N) is 2. The Hall–Kier alpha value is -3.27.